The van der Waals surface area contributed by atoms with Crippen molar-refractivity contribution >= 4 is 83.5 Å². The number of likely N-dealkylation sites (N-methyl/N-ethyl adjacent to an activating group) is 1. The van der Waals surface area contributed by atoms with Crippen molar-refractivity contribution < 1.29 is 43.0 Å². The molecule has 0 saturated carbocycles. The Morgan fingerprint density at radius 1 is 0.870 bits per heavy atom. The Balaban J connectivity index is 1.35. The first-order valence-corrected chi connectivity index (χ1v) is 27.8. The van der Waals surface area contributed by atoms with Gasteiger partial charge in [0.05, 0.1) is 29.7 Å². The minimum atomic E-state index is -5.93. The number of fused-ring (bicyclic) bond motifs is 7. The van der Waals surface area contributed by atoms with Crippen LogP contribution >= 0.6 is 0 Å². The molecule has 5 aliphatic rings. The van der Waals surface area contributed by atoms with Crippen LogP contribution < -0.4 is 25.8 Å². The summed E-state index contributed by atoms with van der Waals surface area (Å²) in [6.45, 7) is 11.2. The number of anilines is 1. The molecule has 69 heavy (non-hydrogen) atoms. The number of hydrogen-bond donors (Lipinski definition) is 0. The first-order valence-electron chi connectivity index (χ1n) is 23.1. The van der Waals surface area contributed by atoms with Crippen LogP contribution in [0.1, 0.15) is 81.2 Å². The smallest absolute Gasteiger partial charge is 0.344 e. The lowest BCUT2D eigenvalue weighted by molar-refractivity contribution is -0.437. The summed E-state index contributed by atoms with van der Waals surface area (Å²) in [5.74, 6) is 0.241. The molecule has 0 spiro atoms. The van der Waals surface area contributed by atoms with Gasteiger partial charge in [-0.2, -0.15) is 26.2 Å². The molecule has 9 nitrogen and oxygen atoms in total. The topological polar surface area (TPSA) is 104 Å². The zero-order valence-electron chi connectivity index (χ0n) is 40.3. The molecule has 364 valence electrons. The Kier molecular flexibility index (Phi) is 13.6. The lowest BCUT2D eigenvalue weighted by Crippen LogP contribution is -2.37. The molecule has 1 atom stereocenters. The number of alkyl halides is 3. The van der Waals surface area contributed by atoms with Crippen LogP contribution in [-0.2, 0) is 46.0 Å². The number of allylic oxidation sites excluding steroid dienone is 11. The largest absolute Gasteiger partial charge is 0.516 e. The third-order valence-corrected chi connectivity index (χ3v) is 17.4. The van der Waals surface area contributed by atoms with Gasteiger partial charge in [0.25, 0.3) is 0 Å². The lowest BCUT2D eigenvalue weighted by Gasteiger charge is -2.27. The van der Waals surface area contributed by atoms with Gasteiger partial charge in [-0.05, 0) is 107 Å². The van der Waals surface area contributed by atoms with E-state index >= 15 is 0 Å². The minimum absolute atomic E-state index is 0.0430. The van der Waals surface area contributed by atoms with E-state index in [1.165, 1.54) is 13.4 Å². The fourth-order valence-electron chi connectivity index (χ4n) is 10.7. The highest BCUT2D eigenvalue weighted by Gasteiger charge is 2.51. The maximum absolute atomic E-state index is 14.7. The van der Waals surface area contributed by atoms with Crippen LogP contribution in [0.4, 0.5) is 24.5 Å². The molecule has 3 aromatic rings. The van der Waals surface area contributed by atoms with E-state index in [4.69, 9.17) is 4.18 Å². The van der Waals surface area contributed by atoms with Crippen LogP contribution in [0.25, 0.3) is 35.5 Å². The molecule has 0 radical (unpaired) electrons. The van der Waals surface area contributed by atoms with E-state index in [0.29, 0.717) is 47.8 Å². The van der Waals surface area contributed by atoms with Crippen molar-refractivity contribution in [2.45, 2.75) is 76.6 Å². The molecule has 2 heterocycles. The van der Waals surface area contributed by atoms with E-state index in [0.717, 1.165) is 73.8 Å². The van der Waals surface area contributed by atoms with Crippen molar-refractivity contribution in [3.05, 3.63) is 151 Å². The van der Waals surface area contributed by atoms with Gasteiger partial charge in [0.2, 0.25) is 5.69 Å². The summed E-state index contributed by atoms with van der Waals surface area (Å²) in [6.07, 6.45) is 27.5. The Morgan fingerprint density at radius 3 is 2.23 bits per heavy atom. The highest BCUT2D eigenvalue weighted by atomic mass is 32.2. The van der Waals surface area contributed by atoms with Gasteiger partial charge >= 0.3 is 15.5 Å². The maximum atomic E-state index is 14.7. The summed E-state index contributed by atoms with van der Waals surface area (Å²) in [5, 5.41) is 4.28. The van der Waals surface area contributed by atoms with Crippen LogP contribution in [-0.4, -0.2) is 86.2 Å². The highest BCUT2D eigenvalue weighted by molar-refractivity contribution is 7.90. The first kappa shape index (κ1) is 50.1. The average molecular weight is 999 g/mol. The number of hydrogen-bond acceptors (Lipinski definition) is 7. The van der Waals surface area contributed by atoms with E-state index in [2.05, 4.69) is 91.8 Å². The van der Waals surface area contributed by atoms with Gasteiger partial charge in [0.1, 0.15) is 16.4 Å². The second-order valence-electron chi connectivity index (χ2n) is 19.1. The molecule has 0 saturated heterocycles. The quantitative estimate of drug-likeness (QED) is 0.156. The van der Waals surface area contributed by atoms with E-state index < -0.39 is 47.3 Å². The number of sulfone groups is 1. The van der Waals surface area contributed by atoms with Crippen LogP contribution in [0.15, 0.2) is 102 Å². The van der Waals surface area contributed by atoms with E-state index in [-0.39, 0.29) is 28.3 Å². The molecule has 8 rings (SSSR count). The monoisotopic (exact) mass is 998 g/mol. The van der Waals surface area contributed by atoms with Gasteiger partial charge in [-0.1, -0.05) is 92.8 Å². The van der Waals surface area contributed by atoms with Gasteiger partial charge in [0.15, 0.2) is 16.8 Å². The Hall–Kier alpha value is -5.35. The van der Waals surface area contributed by atoms with E-state index in [1.807, 2.05) is 31.2 Å². The van der Waals surface area contributed by atoms with Crippen LogP contribution in [0.5, 0.6) is 0 Å². The molecule has 3 aliphatic carbocycles. The summed E-state index contributed by atoms with van der Waals surface area (Å²) >= 11 is -1.49. The third kappa shape index (κ3) is 9.16. The molecule has 0 bridgehead atoms. The lowest BCUT2D eigenvalue weighted by atomic mass is 9.79. The SMILES string of the molecule is COS(=O)CCC[N+]1=C(/C=C/C2=C(N(C)S(=O)(=O)C(F)(F)F)C(=C/C=C3/N(CCCS(C)(=O)=O)c4cc(C)c5c(c4C3(C)C)=CCC=CC=5)/c3ccccc32)C(C)(C)c2c1ccc1c2=CC=CCC=1. The fourth-order valence-corrected chi connectivity index (χ4v) is 12.6. The highest BCUT2D eigenvalue weighted by Crippen LogP contribution is 2.49. The van der Waals surface area contributed by atoms with Crippen molar-refractivity contribution in [1.82, 2.24) is 4.31 Å². The van der Waals surface area contributed by atoms with Crippen molar-refractivity contribution in [2.24, 2.45) is 0 Å². The van der Waals surface area contributed by atoms with Gasteiger partial charge in [-0.25, -0.2) is 12.6 Å². The number of halogens is 3. The molecule has 3 aromatic carbocycles. The van der Waals surface area contributed by atoms with Crippen LogP contribution in [0, 0.1) is 6.92 Å². The molecular weight excluding hydrogens is 940 g/mol. The van der Waals surface area contributed by atoms with E-state index in [9.17, 15) is 34.2 Å². The Morgan fingerprint density at radius 2 is 1.55 bits per heavy atom. The molecule has 2 aliphatic heterocycles. The second kappa shape index (κ2) is 18.8. The summed E-state index contributed by atoms with van der Waals surface area (Å²) < 4.78 is 116. The third-order valence-electron chi connectivity index (χ3n) is 13.9. The number of nitrogens with zero attached hydrogens (tertiary/aromatic N) is 3. The molecule has 15 heteroatoms. The standard InChI is InChI=1S/C54H59F3N3O6S3/c1-36-35-46-50(42-24-14-10-12-20-38(36)42)53(4,5)48(60(46)32-18-34-68(8,62)63)30-27-44-41-23-16-15-22-40(41)43(51(44)58(6)69(64,65)54(55,56)57)26-29-47-52(2,3)49-39-21-13-9-11-19-37(39)25-28-45(49)59(47)31-17-33-67(61)66-7/h9-10,12-13,15-16,19-30,35H,11,14,17-18,31-34H2,1-8H3/q+1. The number of aryl methyl sites for hydroxylation is 1. The zero-order valence-corrected chi connectivity index (χ0v) is 42.7. The normalized spacial score (nSPS) is 19.6. The summed E-state index contributed by atoms with van der Waals surface area (Å²) in [4.78, 5) is 2.11. The van der Waals surface area contributed by atoms with Gasteiger partial charge in [-0.15, -0.1) is 0 Å². The fraction of sp³-hybridized carbons (Fsp3) is 0.352. The van der Waals surface area contributed by atoms with E-state index in [1.54, 1.807) is 36.4 Å². The van der Waals surface area contributed by atoms with Crippen molar-refractivity contribution in [1.29, 1.82) is 0 Å². The molecule has 0 amide bonds. The van der Waals surface area contributed by atoms with Gasteiger partial charge in [-0.3, -0.25) is 8.49 Å². The van der Waals surface area contributed by atoms with Gasteiger partial charge < -0.3 is 4.90 Å². The molecular formula is C54H59F3N3O6S3+. The minimum Gasteiger partial charge on any atom is -0.344 e. The molecule has 1 unspecified atom stereocenters. The van der Waals surface area contributed by atoms with Crippen molar-refractivity contribution in [2.75, 3.05) is 49.9 Å². The van der Waals surface area contributed by atoms with Crippen LogP contribution in [0.3, 0.4) is 0 Å². The summed E-state index contributed by atoms with van der Waals surface area (Å²) in [6, 6.07) is 13.4. The zero-order chi connectivity index (χ0) is 49.8. The second-order valence-corrected chi connectivity index (χ2v) is 24.7. The number of rotatable bonds is 14. The van der Waals surface area contributed by atoms with Gasteiger partial charge in [0, 0.05) is 71.9 Å². The predicted octanol–water partition coefficient (Wildman–Crippen LogP) is 7.38. The van der Waals surface area contributed by atoms with Crippen molar-refractivity contribution in [3.63, 3.8) is 0 Å². The predicted molar refractivity (Wildman–Crippen MR) is 275 cm³/mol. The van der Waals surface area contributed by atoms with Crippen LogP contribution in [0.2, 0.25) is 0 Å². The first-order chi connectivity index (χ1) is 32.5. The summed E-state index contributed by atoms with van der Waals surface area (Å²) in [5.41, 5.74) is 1.21. The number of sulfonamides is 1. The molecule has 0 fully saturated rings. The number of benzene rings is 3. The molecule has 0 N–H and O–H groups in total. The van der Waals surface area contributed by atoms with Crippen molar-refractivity contribution in [3.8, 4) is 0 Å². The Bertz CT molecular complexity index is 3410. The summed E-state index contributed by atoms with van der Waals surface area (Å²) in [7, 11) is -6.88. The maximum Gasteiger partial charge on any atom is 0.516 e. The average Bonchev–Trinajstić information content (AvgIpc) is 3.52. The Labute approximate surface area is 406 Å². The molecule has 0 aromatic heterocycles.